The Kier molecular flexibility index (Phi) is 2.30. The summed E-state index contributed by atoms with van der Waals surface area (Å²) in [4.78, 5) is 19.1. The van der Waals surface area contributed by atoms with Crippen molar-refractivity contribution in [1.82, 2.24) is 9.97 Å². The van der Waals surface area contributed by atoms with Gasteiger partial charge in [-0.2, -0.15) is 0 Å². The molecule has 0 atom stereocenters. The minimum absolute atomic E-state index is 0.391. The van der Waals surface area contributed by atoms with Crippen molar-refractivity contribution in [2.75, 3.05) is 5.32 Å². The first kappa shape index (κ1) is 9.89. The lowest BCUT2D eigenvalue weighted by Gasteiger charge is -2.38. The lowest BCUT2D eigenvalue weighted by Crippen LogP contribution is -2.52. The third kappa shape index (κ3) is 1.77. The van der Waals surface area contributed by atoms with Crippen molar-refractivity contribution in [3.63, 3.8) is 0 Å². The van der Waals surface area contributed by atoms with Crippen molar-refractivity contribution in [3.05, 3.63) is 18.0 Å². The van der Waals surface area contributed by atoms with Crippen LogP contribution in [0.5, 0.6) is 0 Å². The van der Waals surface area contributed by atoms with Crippen molar-refractivity contribution in [2.45, 2.75) is 31.7 Å². The third-order valence-electron chi connectivity index (χ3n) is 2.75. The van der Waals surface area contributed by atoms with Gasteiger partial charge in [-0.15, -0.1) is 0 Å². The average Bonchev–Trinajstić information content (AvgIpc) is 2.13. The second kappa shape index (κ2) is 3.49. The van der Waals surface area contributed by atoms with Crippen molar-refractivity contribution >= 4 is 11.9 Å². The third-order valence-corrected chi connectivity index (χ3v) is 2.75. The largest absolute Gasteiger partial charge is 0.480 e. The molecule has 0 spiro atoms. The van der Waals surface area contributed by atoms with Gasteiger partial charge in [-0.05, 0) is 31.7 Å². The minimum atomic E-state index is -0.838. The molecule has 0 aromatic carbocycles. The highest BCUT2D eigenvalue weighted by molar-refractivity contribution is 5.83. The number of carboxylic acids is 1. The summed E-state index contributed by atoms with van der Waals surface area (Å²) in [5.74, 6) is -0.430. The molecule has 1 heterocycles. The van der Waals surface area contributed by atoms with Crippen LogP contribution in [0.3, 0.4) is 0 Å². The highest BCUT2D eigenvalue weighted by Crippen LogP contribution is 2.34. The van der Waals surface area contributed by atoms with Crippen LogP contribution in [0.25, 0.3) is 0 Å². The summed E-state index contributed by atoms with van der Waals surface area (Å²) in [6.07, 6.45) is 5.55. The van der Waals surface area contributed by atoms with Crippen LogP contribution in [0.15, 0.2) is 12.4 Å². The second-order valence-electron chi connectivity index (χ2n) is 3.95. The standard InChI is InChI=1S/C10H13N3O2/c1-7-5-11-9(12-6-7)13-10(8(14)15)3-2-4-10/h5-6H,2-4H2,1H3,(H,14,15)(H,11,12,13). The average molecular weight is 207 g/mol. The molecule has 80 valence electrons. The molecule has 0 saturated heterocycles. The van der Waals surface area contributed by atoms with Gasteiger partial charge in [-0.3, -0.25) is 0 Å². The molecule has 0 amide bonds. The van der Waals surface area contributed by atoms with E-state index in [2.05, 4.69) is 15.3 Å². The maximum Gasteiger partial charge on any atom is 0.329 e. The fourth-order valence-electron chi connectivity index (χ4n) is 1.59. The Balaban J connectivity index is 2.13. The van der Waals surface area contributed by atoms with Gasteiger partial charge in [0.05, 0.1) is 0 Å². The molecule has 2 N–H and O–H groups in total. The van der Waals surface area contributed by atoms with E-state index < -0.39 is 11.5 Å². The van der Waals surface area contributed by atoms with Gasteiger partial charge in [-0.25, -0.2) is 14.8 Å². The smallest absolute Gasteiger partial charge is 0.329 e. The molecule has 1 aromatic heterocycles. The van der Waals surface area contributed by atoms with Crippen molar-refractivity contribution in [1.29, 1.82) is 0 Å². The molecule has 1 fully saturated rings. The van der Waals surface area contributed by atoms with Gasteiger partial charge in [0.1, 0.15) is 5.54 Å². The van der Waals surface area contributed by atoms with Gasteiger partial charge in [0.25, 0.3) is 0 Å². The van der Waals surface area contributed by atoms with E-state index in [0.29, 0.717) is 18.8 Å². The molecule has 0 bridgehead atoms. The van der Waals surface area contributed by atoms with Gasteiger partial charge in [-0.1, -0.05) is 0 Å². The molecule has 15 heavy (non-hydrogen) atoms. The molecule has 5 nitrogen and oxygen atoms in total. The molecule has 1 aliphatic rings. The minimum Gasteiger partial charge on any atom is -0.480 e. The van der Waals surface area contributed by atoms with E-state index in [0.717, 1.165) is 12.0 Å². The predicted octanol–water partition coefficient (Wildman–Crippen LogP) is 1.20. The van der Waals surface area contributed by atoms with E-state index in [1.54, 1.807) is 12.4 Å². The Labute approximate surface area is 87.6 Å². The summed E-state index contributed by atoms with van der Waals surface area (Å²) in [6, 6.07) is 0. The number of nitrogens with zero attached hydrogens (tertiary/aromatic N) is 2. The molecule has 0 radical (unpaired) electrons. The summed E-state index contributed by atoms with van der Waals surface area (Å²) in [5, 5.41) is 12.0. The highest BCUT2D eigenvalue weighted by Gasteiger charge is 2.44. The lowest BCUT2D eigenvalue weighted by atomic mass is 9.77. The fourth-order valence-corrected chi connectivity index (χ4v) is 1.59. The van der Waals surface area contributed by atoms with Crippen LogP contribution in [0.1, 0.15) is 24.8 Å². The van der Waals surface area contributed by atoms with Crippen LogP contribution in [0.2, 0.25) is 0 Å². The van der Waals surface area contributed by atoms with Crippen LogP contribution < -0.4 is 5.32 Å². The van der Waals surface area contributed by atoms with Gasteiger partial charge >= 0.3 is 5.97 Å². The monoisotopic (exact) mass is 207 g/mol. The number of hydrogen-bond acceptors (Lipinski definition) is 4. The van der Waals surface area contributed by atoms with Crippen LogP contribution in [0, 0.1) is 6.92 Å². The van der Waals surface area contributed by atoms with Crippen LogP contribution in [-0.2, 0) is 4.79 Å². The molecular formula is C10H13N3O2. The number of anilines is 1. The number of hydrogen-bond donors (Lipinski definition) is 2. The highest BCUT2D eigenvalue weighted by atomic mass is 16.4. The van der Waals surface area contributed by atoms with Crippen molar-refractivity contribution < 1.29 is 9.90 Å². The van der Waals surface area contributed by atoms with Crippen molar-refractivity contribution in [3.8, 4) is 0 Å². The van der Waals surface area contributed by atoms with Crippen LogP contribution in [-0.4, -0.2) is 26.6 Å². The first-order valence-electron chi connectivity index (χ1n) is 4.93. The maximum absolute atomic E-state index is 11.1. The van der Waals surface area contributed by atoms with E-state index in [4.69, 9.17) is 5.11 Å². The quantitative estimate of drug-likeness (QED) is 0.779. The molecule has 2 rings (SSSR count). The number of carboxylic acid groups (broad SMARTS) is 1. The number of aromatic nitrogens is 2. The first-order chi connectivity index (χ1) is 7.12. The number of rotatable bonds is 3. The van der Waals surface area contributed by atoms with Gasteiger partial charge < -0.3 is 10.4 Å². The zero-order valence-corrected chi connectivity index (χ0v) is 8.53. The fraction of sp³-hybridized carbons (Fsp3) is 0.500. The maximum atomic E-state index is 11.1. The lowest BCUT2D eigenvalue weighted by molar-refractivity contribution is -0.145. The van der Waals surface area contributed by atoms with E-state index in [1.807, 2.05) is 6.92 Å². The summed E-state index contributed by atoms with van der Waals surface area (Å²) < 4.78 is 0. The molecule has 1 aliphatic carbocycles. The van der Waals surface area contributed by atoms with E-state index >= 15 is 0 Å². The summed E-state index contributed by atoms with van der Waals surface area (Å²) in [6.45, 7) is 1.89. The molecule has 0 aliphatic heterocycles. The first-order valence-corrected chi connectivity index (χ1v) is 4.93. The Bertz CT molecular complexity index is 371. The number of nitrogens with one attached hydrogen (secondary N) is 1. The predicted molar refractivity (Wildman–Crippen MR) is 54.6 cm³/mol. The number of carbonyl (C=O) groups is 1. The molecule has 5 heteroatoms. The van der Waals surface area contributed by atoms with Crippen molar-refractivity contribution in [2.24, 2.45) is 0 Å². The Morgan fingerprint density at radius 3 is 2.47 bits per heavy atom. The SMILES string of the molecule is Cc1cnc(NC2(C(=O)O)CCC2)nc1. The van der Waals surface area contributed by atoms with E-state index in [1.165, 1.54) is 0 Å². The summed E-state index contributed by atoms with van der Waals surface area (Å²) in [5.41, 5.74) is 0.119. The Hall–Kier alpha value is -1.65. The second-order valence-corrected chi connectivity index (χ2v) is 3.95. The van der Waals surface area contributed by atoms with Crippen LogP contribution >= 0.6 is 0 Å². The number of aliphatic carboxylic acids is 1. The zero-order valence-electron chi connectivity index (χ0n) is 8.53. The summed E-state index contributed by atoms with van der Waals surface area (Å²) >= 11 is 0. The molecular weight excluding hydrogens is 194 g/mol. The van der Waals surface area contributed by atoms with Gasteiger partial charge in [0.2, 0.25) is 5.95 Å². The molecule has 0 unspecified atom stereocenters. The van der Waals surface area contributed by atoms with Gasteiger partial charge in [0, 0.05) is 12.4 Å². The van der Waals surface area contributed by atoms with E-state index in [-0.39, 0.29) is 0 Å². The Morgan fingerprint density at radius 2 is 2.07 bits per heavy atom. The zero-order chi connectivity index (χ0) is 10.9. The topological polar surface area (TPSA) is 75.1 Å². The van der Waals surface area contributed by atoms with Gasteiger partial charge in [0.15, 0.2) is 0 Å². The van der Waals surface area contributed by atoms with Crippen LogP contribution in [0.4, 0.5) is 5.95 Å². The normalized spacial score (nSPS) is 17.9. The molecule has 1 saturated carbocycles. The summed E-state index contributed by atoms with van der Waals surface area (Å²) in [7, 11) is 0. The molecule has 1 aromatic rings. The Morgan fingerprint density at radius 1 is 1.47 bits per heavy atom. The van der Waals surface area contributed by atoms with E-state index in [9.17, 15) is 4.79 Å². The number of aryl methyl sites for hydroxylation is 1.